The second kappa shape index (κ2) is 19.1. The molecule has 3 aromatic carbocycles. The summed E-state index contributed by atoms with van der Waals surface area (Å²) in [5, 5.41) is 24.9. The molecule has 2 aliphatic heterocycles. The monoisotopic (exact) mass is 836 g/mol. The molecule has 11 heteroatoms. The van der Waals surface area contributed by atoms with E-state index >= 15 is 4.79 Å². The first-order valence-corrected chi connectivity index (χ1v) is 22.1. The SMILES string of the molecule is C=CCOC12Oc3ccc(Oc4ccc(C)c(C)c4)cc3C3C(CCCCO)C(CCCCO)C=C(C(=NOC(C)(C)C)CC1N(CCC)C(=O)c1ccc4c(c1)OCO4)C32. The van der Waals surface area contributed by atoms with Crippen LogP contribution in [0, 0.1) is 31.6 Å². The van der Waals surface area contributed by atoms with Gasteiger partial charge in [0.05, 0.1) is 18.2 Å². The van der Waals surface area contributed by atoms with Gasteiger partial charge in [-0.15, -0.1) is 6.58 Å². The number of hydrogen-bond donors (Lipinski definition) is 2. The van der Waals surface area contributed by atoms with E-state index in [4.69, 9.17) is 33.7 Å². The van der Waals surface area contributed by atoms with Gasteiger partial charge in [0.25, 0.3) is 5.91 Å². The number of benzene rings is 3. The number of aliphatic hydroxyl groups excluding tert-OH is 2. The van der Waals surface area contributed by atoms with Crippen molar-refractivity contribution in [2.75, 3.05) is 33.2 Å². The zero-order valence-corrected chi connectivity index (χ0v) is 36.8. The smallest absolute Gasteiger partial charge is 0.254 e. The molecule has 3 aromatic rings. The molecule has 11 nitrogen and oxygen atoms in total. The van der Waals surface area contributed by atoms with Gasteiger partial charge in [-0.05, 0) is 144 Å². The summed E-state index contributed by atoms with van der Waals surface area (Å²) >= 11 is 0. The lowest BCUT2D eigenvalue weighted by atomic mass is 9.55. The van der Waals surface area contributed by atoms with Crippen LogP contribution in [0.1, 0.15) is 112 Å². The Morgan fingerprint density at radius 2 is 1.66 bits per heavy atom. The van der Waals surface area contributed by atoms with E-state index in [0.717, 1.165) is 53.8 Å². The molecule has 1 saturated carbocycles. The number of carbonyl (C=O) groups excluding carboxylic acids is 1. The Labute approximate surface area is 361 Å². The van der Waals surface area contributed by atoms with Gasteiger partial charge in [0.2, 0.25) is 12.6 Å². The van der Waals surface area contributed by atoms with Gasteiger partial charge in [0.15, 0.2) is 11.5 Å². The molecular weight excluding hydrogens is 773 g/mol. The highest BCUT2D eigenvalue weighted by Gasteiger charge is 2.65. The van der Waals surface area contributed by atoms with Crippen molar-refractivity contribution in [3.05, 3.63) is 101 Å². The molecule has 0 bridgehead atoms. The Hall–Kier alpha value is -4.84. The maximum Gasteiger partial charge on any atom is 0.254 e. The Bertz CT molecular complexity index is 2110. The van der Waals surface area contributed by atoms with Crippen LogP contribution in [0.25, 0.3) is 0 Å². The highest BCUT2D eigenvalue weighted by atomic mass is 16.7. The number of fused-ring (bicyclic) bond motifs is 3. The molecule has 2 N–H and O–H groups in total. The van der Waals surface area contributed by atoms with Crippen molar-refractivity contribution in [2.24, 2.45) is 22.9 Å². The fraction of sp³-hybridized carbons (Fsp3) is 0.520. The second-order valence-corrected chi connectivity index (χ2v) is 17.9. The van der Waals surface area contributed by atoms with Gasteiger partial charge < -0.3 is 43.6 Å². The highest BCUT2D eigenvalue weighted by molar-refractivity contribution is 6.03. The number of unbranched alkanes of at least 4 members (excludes halogenated alkanes) is 2. The topological polar surface area (TPSA) is 129 Å². The van der Waals surface area contributed by atoms with Gasteiger partial charge in [-0.1, -0.05) is 43.1 Å². The summed E-state index contributed by atoms with van der Waals surface area (Å²) in [6.07, 6.45) is 9.81. The van der Waals surface area contributed by atoms with E-state index in [1.54, 1.807) is 24.3 Å². The molecule has 6 atom stereocenters. The minimum Gasteiger partial charge on any atom is -0.459 e. The van der Waals surface area contributed by atoms with Gasteiger partial charge in [-0.2, -0.15) is 0 Å². The quantitative estimate of drug-likeness (QED) is 0.0731. The Kier molecular flexibility index (Phi) is 13.8. The van der Waals surface area contributed by atoms with E-state index in [1.165, 1.54) is 5.56 Å². The average Bonchev–Trinajstić information content (AvgIpc) is 3.72. The highest BCUT2D eigenvalue weighted by Crippen LogP contribution is 2.62. The molecule has 1 fully saturated rings. The minimum atomic E-state index is -1.37. The zero-order valence-electron chi connectivity index (χ0n) is 36.8. The van der Waals surface area contributed by atoms with Gasteiger partial charge >= 0.3 is 0 Å². The number of aryl methyl sites for hydroxylation is 2. The third-order valence-electron chi connectivity index (χ3n) is 12.5. The van der Waals surface area contributed by atoms with E-state index in [2.05, 4.69) is 51.6 Å². The molecule has 1 amide bonds. The van der Waals surface area contributed by atoms with Gasteiger partial charge in [-0.3, -0.25) is 4.79 Å². The summed E-state index contributed by atoms with van der Waals surface area (Å²) in [5.41, 5.74) is 4.96. The van der Waals surface area contributed by atoms with E-state index in [9.17, 15) is 10.2 Å². The summed E-state index contributed by atoms with van der Waals surface area (Å²) in [4.78, 5) is 23.3. The molecule has 0 radical (unpaired) electrons. The first kappa shape index (κ1) is 44.2. The molecule has 0 spiro atoms. The van der Waals surface area contributed by atoms with Crippen LogP contribution in [0.5, 0.6) is 28.7 Å². The lowest BCUT2D eigenvalue weighted by Gasteiger charge is -2.60. The number of allylic oxidation sites excluding steroid dienone is 1. The molecule has 7 rings (SSSR count). The van der Waals surface area contributed by atoms with Gasteiger partial charge in [0, 0.05) is 43.2 Å². The van der Waals surface area contributed by atoms with Crippen LogP contribution in [0.3, 0.4) is 0 Å². The predicted molar refractivity (Wildman–Crippen MR) is 236 cm³/mol. The molecule has 2 heterocycles. The van der Waals surface area contributed by atoms with Crippen molar-refractivity contribution < 1.29 is 43.5 Å². The number of oxime groups is 1. The number of amides is 1. The van der Waals surface area contributed by atoms with Crippen LogP contribution in [0.2, 0.25) is 0 Å². The fourth-order valence-electron chi connectivity index (χ4n) is 9.65. The van der Waals surface area contributed by atoms with Crippen molar-refractivity contribution in [2.45, 2.75) is 116 Å². The van der Waals surface area contributed by atoms with Crippen LogP contribution in [-0.2, 0) is 9.57 Å². The summed E-state index contributed by atoms with van der Waals surface area (Å²) in [6, 6.07) is 16.8. The van der Waals surface area contributed by atoms with Crippen LogP contribution >= 0.6 is 0 Å². The van der Waals surface area contributed by atoms with Crippen molar-refractivity contribution >= 4 is 11.6 Å². The first-order valence-electron chi connectivity index (χ1n) is 22.1. The number of nitrogens with zero attached hydrogens (tertiary/aromatic N) is 2. The number of carbonyl (C=O) groups is 1. The average molecular weight is 837 g/mol. The molecule has 6 unspecified atom stereocenters. The van der Waals surface area contributed by atoms with E-state index in [0.29, 0.717) is 60.8 Å². The van der Waals surface area contributed by atoms with Crippen molar-refractivity contribution in [3.8, 4) is 28.7 Å². The van der Waals surface area contributed by atoms with Crippen LogP contribution in [0.4, 0.5) is 0 Å². The minimum absolute atomic E-state index is 0.0814. The fourth-order valence-corrected chi connectivity index (χ4v) is 9.65. The second-order valence-electron chi connectivity index (χ2n) is 17.9. The molecule has 61 heavy (non-hydrogen) atoms. The van der Waals surface area contributed by atoms with Crippen LogP contribution in [-0.4, -0.2) is 77.3 Å². The number of aliphatic hydroxyl groups is 2. The maximum absolute atomic E-state index is 15.1. The molecular formula is C50H64N2O9. The molecule has 0 saturated heterocycles. The summed E-state index contributed by atoms with van der Waals surface area (Å²) in [6.45, 7) is 17.2. The van der Waals surface area contributed by atoms with Crippen LogP contribution in [0.15, 0.2) is 84.1 Å². The van der Waals surface area contributed by atoms with E-state index < -0.39 is 23.3 Å². The third kappa shape index (κ3) is 9.34. The Morgan fingerprint density at radius 3 is 2.38 bits per heavy atom. The number of ether oxygens (including phenoxy) is 5. The lowest BCUT2D eigenvalue weighted by molar-refractivity contribution is -0.254. The van der Waals surface area contributed by atoms with Crippen molar-refractivity contribution in [1.29, 1.82) is 0 Å². The number of hydrogen-bond acceptors (Lipinski definition) is 10. The third-order valence-corrected chi connectivity index (χ3v) is 12.5. The van der Waals surface area contributed by atoms with E-state index in [-0.39, 0.29) is 50.3 Å². The van der Waals surface area contributed by atoms with Crippen molar-refractivity contribution in [1.82, 2.24) is 4.90 Å². The van der Waals surface area contributed by atoms with Crippen molar-refractivity contribution in [3.63, 3.8) is 0 Å². The van der Waals surface area contributed by atoms with Gasteiger partial charge in [0.1, 0.15) is 28.9 Å². The number of rotatable bonds is 18. The van der Waals surface area contributed by atoms with Gasteiger partial charge in [-0.25, -0.2) is 0 Å². The standard InChI is InChI=1S/C50H64N2O9/c1-8-22-52(48(55)35-17-20-43-44(28-35)57-31-56-43)45-30-41(51-61-49(5,6)7)39-27-34(14-10-12-23-53)38(15-11-13-24-54)46-40-29-37(59-36-18-16-32(3)33(4)26-36)19-21-42(40)60-50(45,47(39)46)58-25-9-2/h9,16-21,26-29,34,38,45-47,53-54H,2,8,10-15,22-25,30-31H2,1,3-7H3. The molecule has 2 aliphatic carbocycles. The molecule has 0 aromatic heterocycles. The largest absolute Gasteiger partial charge is 0.459 e. The predicted octanol–water partition coefficient (Wildman–Crippen LogP) is 9.81. The summed E-state index contributed by atoms with van der Waals surface area (Å²) < 4.78 is 32.5. The Balaban J connectivity index is 1.45. The van der Waals surface area contributed by atoms with E-state index in [1.807, 2.05) is 43.9 Å². The summed E-state index contributed by atoms with van der Waals surface area (Å²) in [7, 11) is 0. The maximum atomic E-state index is 15.1. The molecule has 328 valence electrons. The first-order chi connectivity index (χ1) is 29.4. The lowest BCUT2D eigenvalue weighted by Crippen LogP contribution is -2.70. The summed E-state index contributed by atoms with van der Waals surface area (Å²) in [5.74, 6) is 1.25. The normalized spacial score (nSPS) is 24.3. The van der Waals surface area contributed by atoms with Crippen LogP contribution < -0.4 is 18.9 Å². The zero-order chi connectivity index (χ0) is 43.3. The Morgan fingerprint density at radius 1 is 0.934 bits per heavy atom. The molecule has 4 aliphatic rings.